The van der Waals surface area contributed by atoms with Crippen LogP contribution in [-0.2, 0) is 0 Å². The molecule has 1 aromatic heterocycles. The number of nitrogens with zero attached hydrogens (tertiary/aromatic N) is 2. The number of nitrogens with two attached hydrogens (primary N) is 1. The summed E-state index contributed by atoms with van der Waals surface area (Å²) < 4.78 is 23.7. The minimum absolute atomic E-state index is 0.0199. The lowest BCUT2D eigenvalue weighted by Crippen LogP contribution is -2.14. The lowest BCUT2D eigenvalue weighted by atomic mass is 10.3. The van der Waals surface area contributed by atoms with Gasteiger partial charge >= 0.3 is 0 Å². The first kappa shape index (κ1) is 10.9. The zero-order valence-corrected chi connectivity index (χ0v) is 8.15. The minimum atomic E-state index is -2.47. The molecule has 0 atom stereocenters. The molecule has 0 aliphatic rings. The van der Waals surface area contributed by atoms with Crippen molar-refractivity contribution in [1.29, 1.82) is 0 Å². The second-order valence-electron chi connectivity index (χ2n) is 2.61. The molecule has 0 aliphatic heterocycles. The lowest BCUT2D eigenvalue weighted by Gasteiger charge is -2.09. The number of aromatic nitrogens is 2. The number of alkyl halides is 2. The van der Waals surface area contributed by atoms with Crippen LogP contribution in [0.15, 0.2) is 0 Å². The van der Waals surface area contributed by atoms with Crippen LogP contribution in [0.5, 0.6) is 0 Å². The third-order valence-electron chi connectivity index (χ3n) is 1.53. The Bertz CT molecular complexity index is 332. The molecule has 3 N–H and O–H groups in total. The fourth-order valence-electron chi connectivity index (χ4n) is 0.856. The van der Waals surface area contributed by atoms with E-state index in [1.807, 2.05) is 0 Å². The molecule has 1 heterocycles. The number of nitrogens with one attached hydrogen (secondary N) is 1. The van der Waals surface area contributed by atoms with Gasteiger partial charge in [0.2, 0.25) is 5.28 Å². The van der Waals surface area contributed by atoms with Crippen LogP contribution in [0.25, 0.3) is 0 Å². The second-order valence-corrected chi connectivity index (χ2v) is 2.95. The predicted molar refractivity (Wildman–Crippen MR) is 50.7 cm³/mol. The average Bonchev–Trinajstić information content (AvgIpc) is 2.08. The Kier molecular flexibility index (Phi) is 3.40. The topological polar surface area (TPSA) is 63.8 Å². The van der Waals surface area contributed by atoms with Gasteiger partial charge in [0.25, 0.3) is 6.43 Å². The SMILES string of the molecule is Cc1nc(Cl)nc(NCC(F)F)c1N. The molecule has 7 heteroatoms. The molecule has 0 amide bonds. The second kappa shape index (κ2) is 4.36. The van der Waals surface area contributed by atoms with Gasteiger partial charge in [-0.1, -0.05) is 0 Å². The summed E-state index contributed by atoms with van der Waals surface area (Å²) in [6, 6.07) is 0. The van der Waals surface area contributed by atoms with Crippen LogP contribution in [-0.4, -0.2) is 22.9 Å². The summed E-state index contributed by atoms with van der Waals surface area (Å²) in [7, 11) is 0. The normalized spacial score (nSPS) is 10.6. The van der Waals surface area contributed by atoms with Gasteiger partial charge in [-0.3, -0.25) is 0 Å². The number of anilines is 2. The molecule has 4 nitrogen and oxygen atoms in total. The number of nitrogen functional groups attached to an aromatic ring is 1. The van der Waals surface area contributed by atoms with Crippen molar-refractivity contribution in [3.63, 3.8) is 0 Å². The fourth-order valence-corrected chi connectivity index (χ4v) is 1.07. The van der Waals surface area contributed by atoms with Crippen molar-refractivity contribution in [3.05, 3.63) is 11.0 Å². The van der Waals surface area contributed by atoms with E-state index in [2.05, 4.69) is 15.3 Å². The number of halogens is 3. The molecule has 0 radical (unpaired) electrons. The molecule has 0 saturated carbocycles. The third kappa shape index (κ3) is 2.66. The molecule has 0 saturated heterocycles. The highest BCUT2D eigenvalue weighted by atomic mass is 35.5. The average molecular weight is 223 g/mol. The van der Waals surface area contributed by atoms with Crippen molar-refractivity contribution < 1.29 is 8.78 Å². The van der Waals surface area contributed by atoms with Crippen LogP contribution < -0.4 is 11.1 Å². The van der Waals surface area contributed by atoms with Crippen molar-refractivity contribution >= 4 is 23.1 Å². The van der Waals surface area contributed by atoms with Gasteiger partial charge in [-0.25, -0.2) is 13.8 Å². The Hall–Kier alpha value is -1.17. The van der Waals surface area contributed by atoms with Crippen LogP contribution in [0.3, 0.4) is 0 Å². The van der Waals surface area contributed by atoms with E-state index in [1.54, 1.807) is 6.92 Å². The van der Waals surface area contributed by atoms with E-state index >= 15 is 0 Å². The van der Waals surface area contributed by atoms with Gasteiger partial charge in [-0.05, 0) is 18.5 Å². The monoisotopic (exact) mass is 222 g/mol. The molecule has 0 spiro atoms. The zero-order chi connectivity index (χ0) is 10.7. The molecule has 0 fully saturated rings. The third-order valence-corrected chi connectivity index (χ3v) is 1.70. The van der Waals surface area contributed by atoms with Gasteiger partial charge in [0.05, 0.1) is 17.9 Å². The smallest absolute Gasteiger partial charge is 0.255 e. The van der Waals surface area contributed by atoms with E-state index in [1.165, 1.54) is 0 Å². The van der Waals surface area contributed by atoms with E-state index < -0.39 is 13.0 Å². The van der Waals surface area contributed by atoms with Gasteiger partial charge in [-0.2, -0.15) is 4.98 Å². The van der Waals surface area contributed by atoms with E-state index in [0.717, 1.165) is 0 Å². The number of rotatable bonds is 3. The Morgan fingerprint density at radius 2 is 2.14 bits per heavy atom. The molecule has 78 valence electrons. The van der Waals surface area contributed by atoms with E-state index in [4.69, 9.17) is 17.3 Å². The molecule has 0 aromatic carbocycles. The quantitative estimate of drug-likeness (QED) is 0.764. The first-order valence-electron chi connectivity index (χ1n) is 3.82. The summed E-state index contributed by atoms with van der Waals surface area (Å²) in [5, 5.41) is 2.36. The summed E-state index contributed by atoms with van der Waals surface area (Å²) in [5.41, 5.74) is 6.24. The lowest BCUT2D eigenvalue weighted by molar-refractivity contribution is 0.163. The van der Waals surface area contributed by atoms with Crippen LogP contribution >= 0.6 is 11.6 Å². The van der Waals surface area contributed by atoms with Gasteiger partial charge < -0.3 is 11.1 Å². The van der Waals surface area contributed by atoms with Gasteiger partial charge in [0, 0.05) is 0 Å². The van der Waals surface area contributed by atoms with Gasteiger partial charge in [0.1, 0.15) is 0 Å². The molecule has 1 aromatic rings. The fraction of sp³-hybridized carbons (Fsp3) is 0.429. The highest BCUT2D eigenvalue weighted by Crippen LogP contribution is 2.20. The summed E-state index contributed by atoms with van der Waals surface area (Å²) in [4.78, 5) is 7.45. The molecule has 0 bridgehead atoms. The first-order valence-corrected chi connectivity index (χ1v) is 4.20. The maximum atomic E-state index is 11.9. The highest BCUT2D eigenvalue weighted by molar-refractivity contribution is 6.28. The van der Waals surface area contributed by atoms with Crippen molar-refractivity contribution in [2.45, 2.75) is 13.3 Å². The standard InChI is InChI=1S/C7H9ClF2N4/c1-3-5(11)6(12-2-4(9)10)14-7(8)13-3/h4H,2,11H2,1H3,(H,12,13,14). The van der Waals surface area contributed by atoms with Gasteiger partial charge in [-0.15, -0.1) is 0 Å². The molecule has 0 aliphatic carbocycles. The Morgan fingerprint density at radius 3 is 2.71 bits per heavy atom. The maximum absolute atomic E-state index is 11.9. The van der Waals surface area contributed by atoms with E-state index in [9.17, 15) is 8.78 Å². The van der Waals surface area contributed by atoms with Crippen LogP contribution in [0, 0.1) is 6.92 Å². The van der Waals surface area contributed by atoms with Crippen molar-refractivity contribution in [2.24, 2.45) is 0 Å². The largest absolute Gasteiger partial charge is 0.394 e. The minimum Gasteiger partial charge on any atom is -0.394 e. The van der Waals surface area contributed by atoms with E-state index in [0.29, 0.717) is 5.69 Å². The van der Waals surface area contributed by atoms with Crippen molar-refractivity contribution in [2.75, 3.05) is 17.6 Å². The van der Waals surface area contributed by atoms with Crippen LogP contribution in [0.4, 0.5) is 20.3 Å². The number of aryl methyl sites for hydroxylation is 1. The highest BCUT2D eigenvalue weighted by Gasteiger charge is 2.09. The van der Waals surface area contributed by atoms with Crippen LogP contribution in [0.1, 0.15) is 5.69 Å². The number of hydrogen-bond acceptors (Lipinski definition) is 4. The molecular formula is C7H9ClF2N4. The van der Waals surface area contributed by atoms with Crippen LogP contribution in [0.2, 0.25) is 5.28 Å². The molecule has 0 unspecified atom stereocenters. The zero-order valence-electron chi connectivity index (χ0n) is 7.39. The Labute approximate surface area is 84.5 Å². The summed E-state index contributed by atoms with van der Waals surface area (Å²) >= 11 is 5.53. The Balaban J connectivity index is 2.85. The molecule has 14 heavy (non-hydrogen) atoms. The van der Waals surface area contributed by atoms with Gasteiger partial charge in [0.15, 0.2) is 5.82 Å². The maximum Gasteiger partial charge on any atom is 0.255 e. The summed E-state index contributed by atoms with van der Waals surface area (Å²) in [6.45, 7) is 1.10. The molecular weight excluding hydrogens is 214 g/mol. The predicted octanol–water partition coefficient (Wildman–Crippen LogP) is 1.70. The van der Waals surface area contributed by atoms with E-state index in [-0.39, 0.29) is 16.8 Å². The Morgan fingerprint density at radius 1 is 1.50 bits per heavy atom. The van der Waals surface area contributed by atoms with Crippen molar-refractivity contribution in [1.82, 2.24) is 9.97 Å². The number of hydrogen-bond donors (Lipinski definition) is 2. The van der Waals surface area contributed by atoms with Crippen molar-refractivity contribution in [3.8, 4) is 0 Å². The molecule has 1 rings (SSSR count). The summed E-state index contributed by atoms with van der Waals surface area (Å²) in [6.07, 6.45) is -2.47. The summed E-state index contributed by atoms with van der Waals surface area (Å²) in [5.74, 6) is 0.141. The first-order chi connectivity index (χ1) is 6.50.